The lowest BCUT2D eigenvalue weighted by Gasteiger charge is -2.17. The van der Waals surface area contributed by atoms with Gasteiger partial charge in [0.2, 0.25) is 0 Å². The third-order valence-corrected chi connectivity index (χ3v) is 2.90. The second-order valence-electron chi connectivity index (χ2n) is 4.56. The zero-order valence-corrected chi connectivity index (χ0v) is 12.8. The fraction of sp³-hybridized carbons (Fsp3) is 0.533. The molecule has 0 amide bonds. The van der Waals surface area contributed by atoms with Crippen LogP contribution in [0.2, 0.25) is 0 Å². The first-order valence-corrected chi connectivity index (χ1v) is 6.79. The lowest BCUT2D eigenvalue weighted by atomic mass is 10.1. The van der Waals surface area contributed by atoms with Crippen LogP contribution in [0.1, 0.15) is 12.5 Å². The van der Waals surface area contributed by atoms with E-state index in [4.69, 9.17) is 9.47 Å². The first-order valence-electron chi connectivity index (χ1n) is 6.79. The molecule has 20 heavy (non-hydrogen) atoms. The van der Waals surface area contributed by atoms with Crippen molar-refractivity contribution in [1.82, 2.24) is 10.6 Å². The number of nitrogens with zero attached hydrogens (tertiary/aromatic N) is 1. The maximum Gasteiger partial charge on any atom is 0.191 e. The van der Waals surface area contributed by atoms with Crippen molar-refractivity contribution in [2.45, 2.75) is 19.4 Å². The molecule has 0 aromatic heterocycles. The zero-order chi connectivity index (χ0) is 14.8. The van der Waals surface area contributed by atoms with Crippen LogP contribution in [0.3, 0.4) is 0 Å². The minimum Gasteiger partial charge on any atom is -0.496 e. The molecular weight excluding hydrogens is 254 g/mol. The molecule has 112 valence electrons. The molecule has 0 aliphatic carbocycles. The van der Waals surface area contributed by atoms with Gasteiger partial charge < -0.3 is 20.1 Å². The Hall–Kier alpha value is -1.75. The molecule has 0 aliphatic rings. The summed E-state index contributed by atoms with van der Waals surface area (Å²) in [5.74, 6) is 1.70. The Labute approximate surface area is 121 Å². The molecule has 1 atom stereocenters. The van der Waals surface area contributed by atoms with E-state index >= 15 is 0 Å². The minimum atomic E-state index is 0.220. The summed E-state index contributed by atoms with van der Waals surface area (Å²) in [5, 5.41) is 6.55. The van der Waals surface area contributed by atoms with Crippen LogP contribution < -0.4 is 15.4 Å². The summed E-state index contributed by atoms with van der Waals surface area (Å²) in [7, 11) is 5.15. The molecule has 1 rings (SSSR count). The van der Waals surface area contributed by atoms with Crippen LogP contribution in [0.4, 0.5) is 0 Å². The number of hydrogen-bond acceptors (Lipinski definition) is 3. The number of methoxy groups -OCH3 is 2. The van der Waals surface area contributed by atoms with Crippen molar-refractivity contribution in [2.75, 3.05) is 34.4 Å². The van der Waals surface area contributed by atoms with Crippen LogP contribution >= 0.6 is 0 Å². The molecule has 0 heterocycles. The van der Waals surface area contributed by atoms with Crippen LogP contribution in [0.5, 0.6) is 5.75 Å². The van der Waals surface area contributed by atoms with Gasteiger partial charge >= 0.3 is 0 Å². The molecule has 0 saturated heterocycles. The van der Waals surface area contributed by atoms with Gasteiger partial charge in [0.1, 0.15) is 5.75 Å². The second-order valence-corrected chi connectivity index (χ2v) is 4.56. The number of benzene rings is 1. The number of guanidine groups is 1. The molecule has 0 saturated carbocycles. The third kappa shape index (κ3) is 5.48. The van der Waals surface area contributed by atoms with E-state index in [1.54, 1.807) is 21.3 Å². The number of ether oxygens (including phenoxy) is 2. The molecule has 2 N–H and O–H groups in total. The highest BCUT2D eigenvalue weighted by molar-refractivity contribution is 5.79. The maximum absolute atomic E-state index is 5.34. The van der Waals surface area contributed by atoms with Crippen LogP contribution in [0.25, 0.3) is 0 Å². The van der Waals surface area contributed by atoms with Crippen LogP contribution in [0.15, 0.2) is 29.3 Å². The van der Waals surface area contributed by atoms with Crippen LogP contribution in [0, 0.1) is 0 Å². The predicted molar refractivity (Wildman–Crippen MR) is 82.5 cm³/mol. The lowest BCUT2D eigenvalue weighted by molar-refractivity contribution is 0.179. The summed E-state index contributed by atoms with van der Waals surface area (Å²) in [5.41, 5.74) is 1.18. The predicted octanol–water partition coefficient (Wildman–Crippen LogP) is 1.44. The fourth-order valence-electron chi connectivity index (χ4n) is 1.94. The Balaban J connectivity index is 2.42. The highest BCUT2D eigenvalue weighted by Crippen LogP contribution is 2.17. The Morgan fingerprint density at radius 1 is 1.30 bits per heavy atom. The highest BCUT2D eigenvalue weighted by atomic mass is 16.5. The van der Waals surface area contributed by atoms with Gasteiger partial charge in [-0.1, -0.05) is 18.2 Å². The summed E-state index contributed by atoms with van der Waals surface area (Å²) in [6.45, 7) is 3.49. The van der Waals surface area contributed by atoms with Gasteiger partial charge in [0.05, 0.1) is 13.7 Å². The van der Waals surface area contributed by atoms with Gasteiger partial charge in [0.15, 0.2) is 5.96 Å². The monoisotopic (exact) mass is 279 g/mol. The van der Waals surface area contributed by atoms with Crippen molar-refractivity contribution in [3.8, 4) is 5.75 Å². The Kier molecular flexibility index (Phi) is 7.50. The zero-order valence-electron chi connectivity index (χ0n) is 12.8. The summed E-state index contributed by atoms with van der Waals surface area (Å²) in [4.78, 5) is 4.19. The number of hydrogen-bond donors (Lipinski definition) is 2. The van der Waals surface area contributed by atoms with Gasteiger partial charge in [-0.25, -0.2) is 0 Å². The van der Waals surface area contributed by atoms with Crippen molar-refractivity contribution in [3.63, 3.8) is 0 Å². The van der Waals surface area contributed by atoms with E-state index in [-0.39, 0.29) is 6.04 Å². The molecule has 0 aliphatic heterocycles. The average molecular weight is 279 g/mol. The molecule has 5 heteroatoms. The molecular formula is C15H25N3O2. The third-order valence-electron chi connectivity index (χ3n) is 2.90. The first kappa shape index (κ1) is 16.3. The van der Waals surface area contributed by atoms with E-state index in [2.05, 4.69) is 28.6 Å². The van der Waals surface area contributed by atoms with Gasteiger partial charge in [-0.2, -0.15) is 0 Å². The Morgan fingerprint density at radius 3 is 2.70 bits per heavy atom. The van der Waals surface area contributed by atoms with E-state index in [0.717, 1.165) is 24.7 Å². The number of para-hydroxylation sites is 1. The summed E-state index contributed by atoms with van der Waals surface area (Å²) in [6.07, 6.45) is 0.878. The smallest absolute Gasteiger partial charge is 0.191 e. The quantitative estimate of drug-likeness (QED) is 0.586. The van der Waals surface area contributed by atoms with Crippen molar-refractivity contribution in [1.29, 1.82) is 0 Å². The van der Waals surface area contributed by atoms with Gasteiger partial charge in [-0.05, 0) is 25.0 Å². The topological polar surface area (TPSA) is 54.9 Å². The Bertz CT molecular complexity index is 421. The molecule has 1 aromatic rings. The van der Waals surface area contributed by atoms with Crippen LogP contribution in [-0.2, 0) is 11.2 Å². The first-order chi connectivity index (χ1) is 9.71. The molecule has 0 radical (unpaired) electrons. The van der Waals surface area contributed by atoms with E-state index in [0.29, 0.717) is 6.61 Å². The maximum atomic E-state index is 5.34. The Morgan fingerprint density at radius 2 is 2.05 bits per heavy atom. The normalized spacial score (nSPS) is 12.9. The number of rotatable bonds is 7. The summed E-state index contributed by atoms with van der Waals surface area (Å²) >= 11 is 0. The van der Waals surface area contributed by atoms with Gasteiger partial charge in [-0.3, -0.25) is 4.99 Å². The minimum absolute atomic E-state index is 0.220. The molecule has 1 unspecified atom stereocenters. The lowest BCUT2D eigenvalue weighted by Crippen LogP contribution is -2.44. The molecule has 0 spiro atoms. The highest BCUT2D eigenvalue weighted by Gasteiger charge is 2.05. The van der Waals surface area contributed by atoms with Gasteiger partial charge in [0, 0.05) is 26.7 Å². The molecule has 5 nitrogen and oxygen atoms in total. The van der Waals surface area contributed by atoms with Crippen molar-refractivity contribution < 1.29 is 9.47 Å². The SMILES string of the molecule is CN=C(NCCc1ccccc1OC)NC(C)COC. The second kappa shape index (κ2) is 9.20. The average Bonchev–Trinajstić information content (AvgIpc) is 2.47. The van der Waals surface area contributed by atoms with E-state index < -0.39 is 0 Å². The van der Waals surface area contributed by atoms with E-state index in [1.165, 1.54) is 5.56 Å². The van der Waals surface area contributed by atoms with Crippen LogP contribution in [-0.4, -0.2) is 46.4 Å². The number of nitrogens with one attached hydrogen (secondary N) is 2. The standard InChI is InChI=1S/C15H25N3O2/c1-12(11-19-3)18-15(16-2)17-10-9-13-7-5-6-8-14(13)20-4/h5-8,12H,9-11H2,1-4H3,(H2,16,17,18). The van der Waals surface area contributed by atoms with Gasteiger partial charge in [0.25, 0.3) is 0 Å². The summed E-state index contributed by atoms with van der Waals surface area (Å²) in [6, 6.07) is 8.26. The van der Waals surface area contributed by atoms with E-state index in [9.17, 15) is 0 Å². The largest absolute Gasteiger partial charge is 0.496 e. The molecule has 1 aromatic carbocycles. The van der Waals surface area contributed by atoms with E-state index in [1.807, 2.05) is 18.2 Å². The number of aliphatic imine (C=N–C) groups is 1. The van der Waals surface area contributed by atoms with Gasteiger partial charge in [-0.15, -0.1) is 0 Å². The van der Waals surface area contributed by atoms with Crippen molar-refractivity contribution in [3.05, 3.63) is 29.8 Å². The van der Waals surface area contributed by atoms with Crippen molar-refractivity contribution in [2.24, 2.45) is 4.99 Å². The fourth-order valence-corrected chi connectivity index (χ4v) is 1.94. The summed E-state index contributed by atoms with van der Waals surface area (Å²) < 4.78 is 10.4. The van der Waals surface area contributed by atoms with Crippen molar-refractivity contribution >= 4 is 5.96 Å². The molecule has 0 bridgehead atoms. The molecule has 0 fully saturated rings.